The van der Waals surface area contributed by atoms with Gasteiger partial charge in [-0.05, 0) is 6.07 Å². The van der Waals surface area contributed by atoms with E-state index in [9.17, 15) is 13.2 Å². The molecule has 0 fully saturated rings. The highest BCUT2D eigenvalue weighted by molar-refractivity contribution is 7.89. The molecule has 7 heteroatoms. The monoisotopic (exact) mass is 274 g/mol. The minimum absolute atomic E-state index is 0.0247. The molecule has 0 saturated carbocycles. The molecule has 0 radical (unpaired) electrons. The molecule has 0 aliphatic rings. The molecule has 0 saturated heterocycles. The van der Waals surface area contributed by atoms with Crippen LogP contribution in [0.2, 0.25) is 0 Å². The van der Waals surface area contributed by atoms with Crippen LogP contribution in [0.15, 0.2) is 23.4 Å². The van der Waals surface area contributed by atoms with Gasteiger partial charge in [-0.1, -0.05) is 13.8 Å². The normalized spacial score (nSPS) is 13.8. The second-order valence-electron chi connectivity index (χ2n) is 4.21. The lowest BCUT2D eigenvalue weighted by Crippen LogP contribution is -2.36. The molecule has 0 aromatic carbocycles. The molecule has 0 amide bonds. The Morgan fingerprint density at radius 2 is 2.17 bits per heavy atom. The third kappa shape index (κ3) is 3.11. The van der Waals surface area contributed by atoms with E-state index in [1.807, 2.05) is 0 Å². The van der Waals surface area contributed by atoms with Crippen molar-refractivity contribution in [3.63, 3.8) is 0 Å². The van der Waals surface area contributed by atoms with E-state index in [0.29, 0.717) is 0 Å². The van der Waals surface area contributed by atoms with Crippen molar-refractivity contribution >= 4 is 16.0 Å². The summed E-state index contributed by atoms with van der Waals surface area (Å²) in [5.74, 6) is -1.74. The SMILES string of the molecule is CCN(CC(C)C(=O)O)S(=O)(=O)c1ccn(C)c1. The van der Waals surface area contributed by atoms with Crippen molar-refractivity contribution in [1.82, 2.24) is 8.87 Å². The smallest absolute Gasteiger partial charge is 0.307 e. The quantitative estimate of drug-likeness (QED) is 0.830. The zero-order valence-electron chi connectivity index (χ0n) is 10.7. The summed E-state index contributed by atoms with van der Waals surface area (Å²) >= 11 is 0. The lowest BCUT2D eigenvalue weighted by molar-refractivity contribution is -0.141. The predicted octanol–water partition coefficient (Wildman–Crippen LogP) is 0.756. The lowest BCUT2D eigenvalue weighted by atomic mass is 10.2. The molecule has 1 N–H and O–H groups in total. The van der Waals surface area contributed by atoms with Crippen LogP contribution in [0.4, 0.5) is 0 Å². The maximum Gasteiger partial charge on any atom is 0.307 e. The third-order valence-corrected chi connectivity index (χ3v) is 4.62. The van der Waals surface area contributed by atoms with Gasteiger partial charge in [-0.15, -0.1) is 0 Å². The highest BCUT2D eigenvalue weighted by atomic mass is 32.2. The van der Waals surface area contributed by atoms with Crippen LogP contribution >= 0.6 is 0 Å². The van der Waals surface area contributed by atoms with E-state index >= 15 is 0 Å². The van der Waals surface area contributed by atoms with E-state index in [0.717, 1.165) is 0 Å². The number of carboxylic acid groups (broad SMARTS) is 1. The Labute approximate surface area is 107 Å². The zero-order chi connectivity index (χ0) is 13.9. The van der Waals surface area contributed by atoms with Gasteiger partial charge in [-0.3, -0.25) is 4.79 Å². The van der Waals surface area contributed by atoms with Gasteiger partial charge in [-0.2, -0.15) is 4.31 Å². The van der Waals surface area contributed by atoms with Gasteiger partial charge in [0.25, 0.3) is 0 Å². The number of carboxylic acids is 1. The van der Waals surface area contributed by atoms with E-state index in [-0.39, 0.29) is 18.0 Å². The van der Waals surface area contributed by atoms with Gasteiger partial charge in [-0.25, -0.2) is 8.42 Å². The van der Waals surface area contributed by atoms with Crippen molar-refractivity contribution in [3.05, 3.63) is 18.5 Å². The van der Waals surface area contributed by atoms with Crippen LogP contribution in [0, 0.1) is 5.92 Å². The van der Waals surface area contributed by atoms with Crippen molar-refractivity contribution in [2.75, 3.05) is 13.1 Å². The van der Waals surface area contributed by atoms with Crippen molar-refractivity contribution in [2.24, 2.45) is 13.0 Å². The summed E-state index contributed by atoms with van der Waals surface area (Å²) in [5.41, 5.74) is 0. The summed E-state index contributed by atoms with van der Waals surface area (Å²) in [7, 11) is -1.88. The van der Waals surface area contributed by atoms with Gasteiger partial charge in [0, 0.05) is 32.5 Å². The molecule has 1 rings (SSSR count). The van der Waals surface area contributed by atoms with Crippen LogP contribution in [0.25, 0.3) is 0 Å². The first kappa shape index (κ1) is 14.7. The number of aryl methyl sites for hydroxylation is 1. The molecule has 1 heterocycles. The number of sulfonamides is 1. The Morgan fingerprint density at radius 3 is 2.56 bits per heavy atom. The molecular weight excluding hydrogens is 256 g/mol. The topological polar surface area (TPSA) is 79.6 Å². The Bertz CT molecular complexity index is 521. The number of rotatable bonds is 6. The van der Waals surface area contributed by atoms with E-state index in [1.54, 1.807) is 24.7 Å². The minimum Gasteiger partial charge on any atom is -0.481 e. The Balaban J connectivity index is 2.97. The van der Waals surface area contributed by atoms with Crippen LogP contribution in [0.3, 0.4) is 0 Å². The molecule has 0 aliphatic heterocycles. The van der Waals surface area contributed by atoms with E-state index < -0.39 is 21.9 Å². The fraction of sp³-hybridized carbons (Fsp3) is 0.545. The first-order valence-corrected chi connectivity index (χ1v) is 7.08. The molecule has 6 nitrogen and oxygen atoms in total. The maximum atomic E-state index is 12.3. The molecule has 1 aromatic heterocycles. The fourth-order valence-electron chi connectivity index (χ4n) is 1.56. The molecule has 1 aromatic rings. The fourth-order valence-corrected chi connectivity index (χ4v) is 3.15. The molecule has 18 heavy (non-hydrogen) atoms. The van der Waals surface area contributed by atoms with Crippen LogP contribution in [-0.2, 0) is 21.9 Å². The number of aromatic nitrogens is 1. The van der Waals surface area contributed by atoms with E-state index in [1.165, 1.54) is 23.5 Å². The molecule has 1 unspecified atom stereocenters. The maximum absolute atomic E-state index is 12.3. The summed E-state index contributed by atoms with van der Waals surface area (Å²) in [6.07, 6.45) is 3.14. The summed E-state index contributed by atoms with van der Waals surface area (Å²) in [6, 6.07) is 1.50. The lowest BCUT2D eigenvalue weighted by Gasteiger charge is -2.21. The van der Waals surface area contributed by atoms with Crippen LogP contribution in [0.5, 0.6) is 0 Å². The number of hydrogen-bond acceptors (Lipinski definition) is 3. The predicted molar refractivity (Wildman–Crippen MR) is 66.6 cm³/mol. The summed E-state index contributed by atoms with van der Waals surface area (Å²) in [6.45, 7) is 3.40. The summed E-state index contributed by atoms with van der Waals surface area (Å²) in [5, 5.41) is 8.84. The van der Waals surface area contributed by atoms with Crippen molar-refractivity contribution in [1.29, 1.82) is 0 Å². The number of hydrogen-bond donors (Lipinski definition) is 1. The molecule has 102 valence electrons. The third-order valence-electron chi connectivity index (χ3n) is 2.69. The molecular formula is C11H18N2O4S. The second kappa shape index (κ2) is 5.53. The number of carbonyl (C=O) groups is 1. The van der Waals surface area contributed by atoms with Crippen molar-refractivity contribution < 1.29 is 18.3 Å². The second-order valence-corrected chi connectivity index (χ2v) is 6.15. The average molecular weight is 274 g/mol. The van der Waals surface area contributed by atoms with Crippen molar-refractivity contribution in [2.45, 2.75) is 18.7 Å². The van der Waals surface area contributed by atoms with E-state index in [2.05, 4.69) is 0 Å². The van der Waals surface area contributed by atoms with Crippen LogP contribution in [0.1, 0.15) is 13.8 Å². The Hall–Kier alpha value is -1.34. The molecule has 1 atom stereocenters. The van der Waals surface area contributed by atoms with Gasteiger partial charge < -0.3 is 9.67 Å². The van der Waals surface area contributed by atoms with Gasteiger partial charge in [0.1, 0.15) is 0 Å². The Morgan fingerprint density at radius 1 is 1.56 bits per heavy atom. The van der Waals surface area contributed by atoms with Gasteiger partial charge in [0.05, 0.1) is 10.8 Å². The summed E-state index contributed by atoms with van der Waals surface area (Å²) < 4.78 is 27.3. The molecule has 0 spiro atoms. The highest BCUT2D eigenvalue weighted by Crippen LogP contribution is 2.17. The largest absolute Gasteiger partial charge is 0.481 e. The molecule has 0 bridgehead atoms. The Kier molecular flexibility index (Phi) is 4.53. The van der Waals surface area contributed by atoms with Gasteiger partial charge >= 0.3 is 5.97 Å². The highest BCUT2D eigenvalue weighted by Gasteiger charge is 2.27. The standard InChI is InChI=1S/C11H18N2O4S/c1-4-13(7-9(2)11(14)15)18(16,17)10-5-6-12(3)8-10/h5-6,8-9H,4,7H2,1-3H3,(H,14,15). The van der Waals surface area contributed by atoms with Crippen LogP contribution < -0.4 is 0 Å². The van der Waals surface area contributed by atoms with Gasteiger partial charge in [0.2, 0.25) is 10.0 Å². The average Bonchev–Trinajstić information content (AvgIpc) is 2.72. The summed E-state index contributed by atoms with van der Waals surface area (Å²) in [4.78, 5) is 11.0. The molecule has 0 aliphatic carbocycles. The van der Waals surface area contributed by atoms with E-state index in [4.69, 9.17) is 5.11 Å². The first-order valence-electron chi connectivity index (χ1n) is 5.64. The van der Waals surface area contributed by atoms with Crippen molar-refractivity contribution in [3.8, 4) is 0 Å². The number of aliphatic carboxylic acids is 1. The first-order chi connectivity index (χ1) is 8.28. The number of nitrogens with zero attached hydrogens (tertiary/aromatic N) is 2. The zero-order valence-corrected chi connectivity index (χ0v) is 11.5. The van der Waals surface area contributed by atoms with Crippen LogP contribution in [-0.4, -0.2) is 41.5 Å². The van der Waals surface area contributed by atoms with Gasteiger partial charge in [0.15, 0.2) is 0 Å². The minimum atomic E-state index is -3.61.